The molecule has 1 amide bonds. The Labute approximate surface area is 156 Å². The van der Waals surface area contributed by atoms with E-state index in [1.54, 1.807) is 13.8 Å². The normalized spacial score (nSPS) is 17.5. The standard InChI is InChI=1S/C20H22N4O3/c1-12-17-13(2)27-20(18(17)19(26)23-22-12)21-16(25)11-24-10-6-9-15(24)14-7-4-3-5-8-14/h3-5,7-8,15H,6,9-11H2,1-2H3,(H,21,25)(H,23,26)/t15-/m0/s1. The summed E-state index contributed by atoms with van der Waals surface area (Å²) in [6.07, 6.45) is 2.09. The summed E-state index contributed by atoms with van der Waals surface area (Å²) in [6, 6.07) is 10.5. The van der Waals surface area contributed by atoms with E-state index < -0.39 is 0 Å². The summed E-state index contributed by atoms with van der Waals surface area (Å²) < 4.78 is 5.66. The Kier molecular flexibility index (Phi) is 4.53. The highest BCUT2D eigenvalue weighted by molar-refractivity contribution is 6.01. The summed E-state index contributed by atoms with van der Waals surface area (Å²) >= 11 is 0. The number of fused-ring (bicyclic) bond motifs is 1. The van der Waals surface area contributed by atoms with E-state index in [2.05, 4.69) is 32.5 Å². The second-order valence-electron chi connectivity index (χ2n) is 6.96. The number of hydrogen-bond donors (Lipinski definition) is 2. The molecule has 3 heterocycles. The van der Waals surface area contributed by atoms with Crippen LogP contribution in [0.3, 0.4) is 0 Å². The number of anilines is 1. The van der Waals surface area contributed by atoms with Crippen molar-refractivity contribution >= 4 is 22.6 Å². The van der Waals surface area contributed by atoms with Gasteiger partial charge in [0.15, 0.2) is 0 Å². The predicted molar refractivity (Wildman–Crippen MR) is 103 cm³/mol. The van der Waals surface area contributed by atoms with Crippen LogP contribution >= 0.6 is 0 Å². The highest BCUT2D eigenvalue weighted by Crippen LogP contribution is 2.32. The molecular formula is C20H22N4O3. The molecule has 1 saturated heterocycles. The van der Waals surface area contributed by atoms with Gasteiger partial charge in [0.25, 0.3) is 5.56 Å². The predicted octanol–water partition coefficient (Wildman–Crippen LogP) is 2.91. The number of aromatic amines is 1. The maximum atomic E-state index is 12.7. The highest BCUT2D eigenvalue weighted by Gasteiger charge is 2.28. The molecule has 7 heteroatoms. The van der Waals surface area contributed by atoms with E-state index in [1.807, 2.05) is 18.2 Å². The van der Waals surface area contributed by atoms with Crippen molar-refractivity contribution in [2.75, 3.05) is 18.4 Å². The Morgan fingerprint density at radius 3 is 2.85 bits per heavy atom. The molecule has 140 valence electrons. The van der Waals surface area contributed by atoms with Crippen LogP contribution in [0.5, 0.6) is 0 Å². The number of H-pyrrole nitrogens is 1. The van der Waals surface area contributed by atoms with Crippen molar-refractivity contribution in [2.24, 2.45) is 0 Å². The third kappa shape index (κ3) is 3.26. The van der Waals surface area contributed by atoms with Crippen molar-refractivity contribution in [3.05, 3.63) is 57.7 Å². The van der Waals surface area contributed by atoms with Crippen LogP contribution in [-0.2, 0) is 4.79 Å². The van der Waals surface area contributed by atoms with Crippen LogP contribution in [0.15, 0.2) is 39.5 Å². The minimum atomic E-state index is -0.369. The number of hydrogen-bond acceptors (Lipinski definition) is 5. The average molecular weight is 366 g/mol. The molecule has 0 radical (unpaired) electrons. The number of rotatable bonds is 4. The molecular weight excluding hydrogens is 344 g/mol. The molecule has 0 aliphatic carbocycles. The van der Waals surface area contributed by atoms with Crippen molar-refractivity contribution in [1.29, 1.82) is 0 Å². The third-order valence-corrected chi connectivity index (χ3v) is 5.15. The Morgan fingerprint density at radius 1 is 1.30 bits per heavy atom. The number of carbonyl (C=O) groups is 1. The molecule has 27 heavy (non-hydrogen) atoms. The van der Waals surface area contributed by atoms with E-state index in [-0.39, 0.29) is 29.9 Å². The third-order valence-electron chi connectivity index (χ3n) is 5.15. The van der Waals surface area contributed by atoms with Gasteiger partial charge in [-0.1, -0.05) is 30.3 Å². The molecule has 1 atom stereocenters. The maximum absolute atomic E-state index is 12.7. The minimum Gasteiger partial charge on any atom is -0.444 e. The Bertz CT molecular complexity index is 1040. The first-order valence-corrected chi connectivity index (χ1v) is 9.12. The van der Waals surface area contributed by atoms with Gasteiger partial charge in [-0.3, -0.25) is 19.8 Å². The molecule has 7 nitrogen and oxygen atoms in total. The fraction of sp³-hybridized carbons (Fsp3) is 0.350. The summed E-state index contributed by atoms with van der Waals surface area (Å²) in [5.41, 5.74) is 1.52. The maximum Gasteiger partial charge on any atom is 0.277 e. The van der Waals surface area contributed by atoms with Crippen LogP contribution in [0.25, 0.3) is 10.8 Å². The molecule has 0 saturated carbocycles. The lowest BCUT2D eigenvalue weighted by molar-refractivity contribution is -0.117. The molecule has 2 N–H and O–H groups in total. The number of carbonyl (C=O) groups excluding carboxylic acids is 1. The summed E-state index contributed by atoms with van der Waals surface area (Å²) in [7, 11) is 0. The largest absolute Gasteiger partial charge is 0.444 e. The van der Waals surface area contributed by atoms with Gasteiger partial charge in [0.1, 0.15) is 11.1 Å². The number of benzene rings is 1. The second kappa shape index (κ2) is 7.00. The molecule has 0 spiro atoms. The number of likely N-dealkylation sites (tertiary alicyclic amines) is 1. The molecule has 1 aliphatic heterocycles. The van der Waals surface area contributed by atoms with Gasteiger partial charge in [0.2, 0.25) is 11.8 Å². The van der Waals surface area contributed by atoms with E-state index in [0.29, 0.717) is 22.2 Å². The van der Waals surface area contributed by atoms with Crippen LogP contribution in [0.1, 0.15) is 35.9 Å². The molecule has 1 aromatic carbocycles. The Balaban J connectivity index is 1.54. The summed E-state index contributed by atoms with van der Waals surface area (Å²) in [5, 5.41) is 10.2. The zero-order chi connectivity index (χ0) is 19.0. The van der Waals surface area contributed by atoms with Gasteiger partial charge in [0, 0.05) is 6.04 Å². The van der Waals surface area contributed by atoms with Crippen molar-refractivity contribution in [1.82, 2.24) is 15.1 Å². The Hall–Kier alpha value is -2.93. The van der Waals surface area contributed by atoms with Gasteiger partial charge in [-0.05, 0) is 38.8 Å². The van der Waals surface area contributed by atoms with Crippen molar-refractivity contribution in [2.45, 2.75) is 32.7 Å². The summed E-state index contributed by atoms with van der Waals surface area (Å²) in [5.74, 6) is 0.566. The van der Waals surface area contributed by atoms with Crippen LogP contribution in [0, 0.1) is 13.8 Å². The van der Waals surface area contributed by atoms with E-state index in [0.717, 1.165) is 19.4 Å². The Morgan fingerprint density at radius 2 is 2.07 bits per heavy atom. The number of amides is 1. The quantitative estimate of drug-likeness (QED) is 0.741. The molecule has 1 fully saturated rings. The van der Waals surface area contributed by atoms with E-state index >= 15 is 0 Å². The lowest BCUT2D eigenvalue weighted by atomic mass is 10.0. The number of nitrogens with one attached hydrogen (secondary N) is 2. The second-order valence-corrected chi connectivity index (χ2v) is 6.96. The molecule has 0 bridgehead atoms. The first-order valence-electron chi connectivity index (χ1n) is 9.12. The summed E-state index contributed by atoms with van der Waals surface area (Å²) in [4.78, 5) is 27.0. The number of aryl methyl sites for hydroxylation is 2. The average Bonchev–Trinajstić information content (AvgIpc) is 3.24. The first kappa shape index (κ1) is 17.5. The fourth-order valence-corrected chi connectivity index (χ4v) is 3.95. The molecule has 2 aromatic heterocycles. The van der Waals surface area contributed by atoms with E-state index in [9.17, 15) is 9.59 Å². The van der Waals surface area contributed by atoms with Crippen LogP contribution in [0.2, 0.25) is 0 Å². The molecule has 0 unspecified atom stereocenters. The van der Waals surface area contributed by atoms with Crippen molar-refractivity contribution in [3.63, 3.8) is 0 Å². The molecule has 1 aliphatic rings. The summed E-state index contributed by atoms with van der Waals surface area (Å²) in [6.45, 7) is 4.68. The SMILES string of the molecule is Cc1n[nH]c(=O)c2c(NC(=O)CN3CCC[C@H]3c3ccccc3)oc(C)c12. The lowest BCUT2D eigenvalue weighted by Gasteiger charge is -2.24. The zero-order valence-corrected chi connectivity index (χ0v) is 15.4. The van der Waals surface area contributed by atoms with E-state index in [1.165, 1.54) is 5.56 Å². The zero-order valence-electron chi connectivity index (χ0n) is 15.4. The topological polar surface area (TPSA) is 91.2 Å². The smallest absolute Gasteiger partial charge is 0.277 e. The monoisotopic (exact) mass is 366 g/mol. The van der Waals surface area contributed by atoms with Crippen molar-refractivity contribution in [3.8, 4) is 0 Å². The highest BCUT2D eigenvalue weighted by atomic mass is 16.4. The first-order chi connectivity index (χ1) is 13.0. The van der Waals surface area contributed by atoms with Gasteiger partial charge in [-0.15, -0.1) is 0 Å². The van der Waals surface area contributed by atoms with E-state index in [4.69, 9.17) is 4.42 Å². The van der Waals surface area contributed by atoms with Crippen molar-refractivity contribution < 1.29 is 9.21 Å². The van der Waals surface area contributed by atoms with Gasteiger partial charge in [-0.2, -0.15) is 5.10 Å². The molecule has 3 aromatic rings. The van der Waals surface area contributed by atoms with Gasteiger partial charge < -0.3 is 4.42 Å². The number of furan rings is 1. The van der Waals surface area contributed by atoms with Gasteiger partial charge in [-0.25, -0.2) is 5.10 Å². The minimum absolute atomic E-state index is 0.190. The van der Waals surface area contributed by atoms with Crippen LogP contribution in [-0.4, -0.2) is 34.1 Å². The molecule has 4 rings (SSSR count). The van der Waals surface area contributed by atoms with Crippen LogP contribution in [0.4, 0.5) is 5.88 Å². The van der Waals surface area contributed by atoms with Gasteiger partial charge in [0.05, 0.1) is 17.6 Å². The van der Waals surface area contributed by atoms with Crippen LogP contribution < -0.4 is 10.9 Å². The fourth-order valence-electron chi connectivity index (χ4n) is 3.95. The van der Waals surface area contributed by atoms with Gasteiger partial charge >= 0.3 is 0 Å². The lowest BCUT2D eigenvalue weighted by Crippen LogP contribution is -2.33. The number of nitrogens with zero attached hydrogens (tertiary/aromatic N) is 2. The number of aromatic nitrogens is 2.